The lowest BCUT2D eigenvalue weighted by Crippen LogP contribution is -2.10. The summed E-state index contributed by atoms with van der Waals surface area (Å²) in [5, 5.41) is 7.65. The highest BCUT2D eigenvalue weighted by atomic mass is 15.0. The van der Waals surface area contributed by atoms with Crippen molar-refractivity contribution in [1.29, 1.82) is 0 Å². The summed E-state index contributed by atoms with van der Waals surface area (Å²) in [4.78, 5) is 0. The Morgan fingerprint density at radius 2 is 0.639 bits per heavy atom. The van der Waals surface area contributed by atoms with E-state index in [-0.39, 0.29) is 10.8 Å². The lowest BCUT2D eigenvalue weighted by atomic mass is 9.86. The van der Waals surface area contributed by atoms with Gasteiger partial charge in [-0.3, -0.25) is 0 Å². The molecule has 0 aliphatic rings. The predicted molar refractivity (Wildman–Crippen MR) is 316 cm³/mol. The Morgan fingerprint density at radius 3 is 0.958 bits per heavy atom. The van der Waals surface area contributed by atoms with Crippen LogP contribution in [0.2, 0.25) is 0 Å². The Balaban J connectivity index is 1.15. The van der Waals surface area contributed by atoms with Gasteiger partial charge in [-0.1, -0.05) is 170 Å². The number of hydrogen-bond acceptors (Lipinski definition) is 0. The molecule has 0 aliphatic carbocycles. The van der Waals surface area contributed by atoms with Gasteiger partial charge in [0.2, 0.25) is 0 Å². The van der Waals surface area contributed by atoms with Gasteiger partial charge in [-0.2, -0.15) is 0 Å². The van der Waals surface area contributed by atoms with E-state index in [9.17, 15) is 0 Å². The average molecular weight is 947 g/mol. The summed E-state index contributed by atoms with van der Waals surface area (Å²) in [7, 11) is 0. The first-order valence-corrected chi connectivity index (χ1v) is 27.4. The molecular weight excluding hydrogens is 869 g/mol. The normalized spacial score (nSPS) is 14.2. The van der Waals surface area contributed by atoms with Crippen LogP contribution in [0.3, 0.4) is 0 Å². The first-order chi connectivity index (χ1) is 34.4. The first-order valence-electron chi connectivity index (χ1n) is 27.4. The molecule has 0 saturated heterocycles. The highest BCUT2D eigenvalue weighted by Gasteiger charge is 2.23. The zero-order chi connectivity index (χ0) is 51.0. The van der Waals surface area contributed by atoms with E-state index in [1.807, 2.05) is 0 Å². The van der Waals surface area contributed by atoms with Gasteiger partial charge < -0.3 is 9.13 Å². The molecule has 0 fully saturated rings. The van der Waals surface area contributed by atoms with Crippen LogP contribution in [0.1, 0.15) is 180 Å². The van der Waals surface area contributed by atoms with Crippen molar-refractivity contribution in [3.63, 3.8) is 0 Å². The van der Waals surface area contributed by atoms with Crippen LogP contribution in [0.25, 0.3) is 88.0 Å². The van der Waals surface area contributed by atoms with Crippen LogP contribution in [0.4, 0.5) is 0 Å². The van der Waals surface area contributed by atoms with Gasteiger partial charge in [0, 0.05) is 32.9 Å². The van der Waals surface area contributed by atoms with E-state index in [2.05, 4.69) is 252 Å². The minimum absolute atomic E-state index is 0.0212. The molecule has 0 aliphatic heterocycles. The summed E-state index contributed by atoms with van der Waals surface area (Å²) >= 11 is 0. The van der Waals surface area contributed by atoms with Crippen molar-refractivity contribution < 1.29 is 0 Å². The van der Waals surface area contributed by atoms with Crippen molar-refractivity contribution in [2.75, 3.05) is 0 Å². The molecule has 2 heterocycles. The Hall–Kier alpha value is -6.38. The maximum absolute atomic E-state index is 2.51. The zero-order valence-electron chi connectivity index (χ0n) is 45.9. The fourth-order valence-electron chi connectivity index (χ4n) is 11.2. The molecule has 0 saturated carbocycles. The summed E-state index contributed by atoms with van der Waals surface area (Å²) in [6, 6.07) is 57.6. The Morgan fingerprint density at radius 1 is 0.319 bits per heavy atom. The number of nitrogens with zero attached hydrogens (tertiary/aromatic N) is 2. The second-order valence-corrected chi connectivity index (χ2v) is 23.8. The number of rotatable bonds is 12. The first kappa shape index (κ1) is 49.2. The van der Waals surface area contributed by atoms with Gasteiger partial charge in [0.05, 0.1) is 22.1 Å². The third-order valence-electron chi connectivity index (χ3n) is 16.9. The minimum atomic E-state index is 0.0212. The molecule has 2 nitrogen and oxygen atoms in total. The van der Waals surface area contributed by atoms with Gasteiger partial charge in [0.15, 0.2) is 0 Å². The molecular formula is C70H78N2. The topological polar surface area (TPSA) is 9.86 Å². The Labute approximate surface area is 431 Å². The van der Waals surface area contributed by atoms with E-state index in [0.29, 0.717) is 23.7 Å². The highest BCUT2D eigenvalue weighted by molar-refractivity contribution is 6.12. The summed E-state index contributed by atoms with van der Waals surface area (Å²) in [5.41, 5.74) is 21.0. The van der Waals surface area contributed by atoms with Crippen molar-refractivity contribution in [1.82, 2.24) is 9.13 Å². The second kappa shape index (κ2) is 18.9. The summed E-state index contributed by atoms with van der Waals surface area (Å²) in [6.45, 7) is 32.7. The van der Waals surface area contributed by atoms with Gasteiger partial charge in [0.1, 0.15) is 0 Å². The van der Waals surface area contributed by atoms with Crippen molar-refractivity contribution in [3.05, 3.63) is 179 Å². The number of benzene rings is 8. The fraction of sp³-hybridized carbons (Fsp3) is 0.343. The van der Waals surface area contributed by atoms with E-state index in [4.69, 9.17) is 0 Å². The van der Waals surface area contributed by atoms with Crippen LogP contribution in [-0.4, -0.2) is 9.13 Å². The van der Waals surface area contributed by atoms with Gasteiger partial charge >= 0.3 is 0 Å². The second-order valence-electron chi connectivity index (χ2n) is 23.8. The average Bonchev–Trinajstić information content (AvgIpc) is 3.90. The molecule has 0 N–H and O–H groups in total. The maximum atomic E-state index is 2.51. The lowest BCUT2D eigenvalue weighted by Gasteiger charge is -2.19. The monoisotopic (exact) mass is 947 g/mol. The molecule has 0 radical (unpaired) electrons. The van der Waals surface area contributed by atoms with Crippen LogP contribution in [0.15, 0.2) is 146 Å². The summed E-state index contributed by atoms with van der Waals surface area (Å²) in [6.07, 6.45) is 4.52. The minimum Gasteiger partial charge on any atom is -0.309 e. The Kier molecular flexibility index (Phi) is 12.9. The molecule has 368 valence electrons. The van der Waals surface area contributed by atoms with E-state index < -0.39 is 0 Å². The molecule has 4 unspecified atom stereocenters. The molecule has 0 amide bonds. The molecule has 72 heavy (non-hydrogen) atoms. The van der Waals surface area contributed by atoms with Crippen molar-refractivity contribution in [3.8, 4) is 33.6 Å². The number of hydrogen-bond donors (Lipinski definition) is 0. The smallest absolute Gasteiger partial charge is 0.0541 e. The van der Waals surface area contributed by atoms with E-state index >= 15 is 0 Å². The van der Waals surface area contributed by atoms with E-state index in [1.165, 1.54) is 121 Å². The van der Waals surface area contributed by atoms with Gasteiger partial charge in [-0.15, -0.1) is 0 Å². The van der Waals surface area contributed by atoms with Crippen LogP contribution in [0, 0.1) is 0 Å². The third-order valence-corrected chi connectivity index (χ3v) is 16.9. The van der Waals surface area contributed by atoms with Gasteiger partial charge in [0.25, 0.3) is 0 Å². The van der Waals surface area contributed by atoms with Crippen LogP contribution < -0.4 is 0 Å². The van der Waals surface area contributed by atoms with Crippen LogP contribution in [-0.2, 0) is 10.8 Å². The Bertz CT molecular complexity index is 3370. The van der Waals surface area contributed by atoms with Crippen molar-refractivity contribution in [2.45, 2.75) is 157 Å². The molecule has 4 atom stereocenters. The fourth-order valence-corrected chi connectivity index (χ4v) is 11.2. The molecule has 2 heteroatoms. The molecule has 10 rings (SSSR count). The van der Waals surface area contributed by atoms with E-state index in [0.717, 1.165) is 25.7 Å². The van der Waals surface area contributed by atoms with Gasteiger partial charge in [-0.25, -0.2) is 0 Å². The van der Waals surface area contributed by atoms with Crippen molar-refractivity contribution in [2.24, 2.45) is 0 Å². The molecule has 0 spiro atoms. The maximum Gasteiger partial charge on any atom is 0.0541 e. The molecule has 8 aromatic carbocycles. The molecule has 0 bridgehead atoms. The number of fused-ring (bicyclic) bond motifs is 7. The summed E-state index contributed by atoms with van der Waals surface area (Å²) in [5.74, 6) is 2.04. The molecule has 10 aromatic rings. The SMILES string of the molecule is CCC(C)c1cc(-c2ccc3c(c2)c2cc(C(C)(C)C)ccc2n3-c2ccc3ccc(-n4c5ccc(-c6cc(C(C)CC)cc(C(C)CC)c6)cc5c5cc(C(C)(C)C)ccc54)cc3c2)cc(C(C)CC)c1. The molecule has 2 aromatic heterocycles. The number of aromatic nitrogens is 2. The van der Waals surface area contributed by atoms with Gasteiger partial charge in [-0.05, 0) is 199 Å². The largest absolute Gasteiger partial charge is 0.309 e. The highest BCUT2D eigenvalue weighted by Crippen LogP contribution is 2.42. The van der Waals surface area contributed by atoms with E-state index in [1.54, 1.807) is 0 Å². The standard InChI is InChI=1S/C70H78N2/c1-15-43(5)50-31-51(44(6)16-2)34-54(33-50)48-21-27-65-61(39-48)63-41-57(69(9,10)11)23-29-67(63)71(65)59-25-19-47-20-26-60(38-56(47)37-59)72-66-28-22-49(40-62(66)64-42-58(70(12,13)14)24-30-68(64)72)55-35-52(45(7)17-3)32-53(36-55)46(8)18-4/h19-46H,15-18H2,1-14H3. The zero-order valence-corrected chi connectivity index (χ0v) is 45.9. The van der Waals surface area contributed by atoms with Crippen LogP contribution in [0.5, 0.6) is 0 Å². The summed E-state index contributed by atoms with van der Waals surface area (Å²) < 4.78 is 5.01. The van der Waals surface area contributed by atoms with Crippen molar-refractivity contribution >= 4 is 54.4 Å². The predicted octanol–water partition coefficient (Wildman–Crippen LogP) is 21.0. The third kappa shape index (κ3) is 8.88. The van der Waals surface area contributed by atoms with Crippen LogP contribution >= 0.6 is 0 Å². The lowest BCUT2D eigenvalue weighted by molar-refractivity contribution is 0.591. The quantitative estimate of drug-likeness (QED) is 0.115.